The van der Waals surface area contributed by atoms with Crippen LogP contribution in [-0.2, 0) is 5.69 Å². The minimum absolute atomic E-state index is 0.111. The Morgan fingerprint density at radius 3 is 2.54 bits per heavy atom. The van der Waals surface area contributed by atoms with Gasteiger partial charge in [0.15, 0.2) is 13.7 Å². The van der Waals surface area contributed by atoms with Gasteiger partial charge in [-0.3, -0.25) is 9.36 Å². The Balaban J connectivity index is 2.01. The van der Waals surface area contributed by atoms with Crippen LogP contribution in [0.3, 0.4) is 0 Å². The van der Waals surface area contributed by atoms with Crippen LogP contribution in [0.4, 0.5) is 8.78 Å². The van der Waals surface area contributed by atoms with Crippen LogP contribution >= 0.6 is 15.9 Å². The quantitative estimate of drug-likeness (QED) is 0.378. The molecule has 3 aromatic heterocycles. The van der Waals surface area contributed by atoms with Gasteiger partial charge in [0.1, 0.15) is 21.9 Å². The van der Waals surface area contributed by atoms with Gasteiger partial charge in [0.2, 0.25) is 5.69 Å². The van der Waals surface area contributed by atoms with Crippen molar-refractivity contribution in [1.29, 1.82) is 0 Å². The Hall–Kier alpha value is -2.59. The van der Waals surface area contributed by atoms with E-state index in [4.69, 9.17) is 12.6 Å². The molecule has 0 saturated carbocycles. The van der Waals surface area contributed by atoms with Crippen LogP contribution in [0.25, 0.3) is 5.69 Å². The number of rotatable bonds is 4. The zero-order chi connectivity index (χ0) is 20.6. The van der Waals surface area contributed by atoms with E-state index in [0.29, 0.717) is 28.2 Å². The summed E-state index contributed by atoms with van der Waals surface area (Å²) in [6.45, 7) is 3.45. The van der Waals surface area contributed by atoms with Crippen LogP contribution in [0, 0.1) is 25.5 Å². The van der Waals surface area contributed by atoms with E-state index < -0.39 is 28.6 Å². The number of aryl methyl sites for hydroxylation is 2. The third kappa shape index (κ3) is 3.97. The molecule has 6 nitrogen and oxygen atoms in total. The molecule has 3 aromatic rings. The van der Waals surface area contributed by atoms with Gasteiger partial charge in [-0.1, -0.05) is 0 Å². The zero-order valence-electron chi connectivity index (χ0n) is 14.8. The van der Waals surface area contributed by atoms with Gasteiger partial charge in [0.05, 0.1) is 11.9 Å². The SMILES string of the molecule is [B]C(O)(Oc1cc(C)n(-c2cc(Br)ncc2C)c(=O)c1)c1ncc(F)cc1F. The Labute approximate surface area is 168 Å². The van der Waals surface area contributed by atoms with Crippen molar-refractivity contribution in [2.75, 3.05) is 0 Å². The number of halogens is 3. The van der Waals surface area contributed by atoms with Gasteiger partial charge in [0, 0.05) is 30.1 Å². The molecule has 1 N–H and O–H groups in total. The number of hydrogen-bond acceptors (Lipinski definition) is 5. The molecule has 0 bridgehead atoms. The smallest absolute Gasteiger partial charge is 0.259 e. The zero-order valence-corrected chi connectivity index (χ0v) is 16.4. The summed E-state index contributed by atoms with van der Waals surface area (Å²) in [4.78, 5) is 20.2. The molecule has 28 heavy (non-hydrogen) atoms. The number of pyridine rings is 3. The van der Waals surface area contributed by atoms with Gasteiger partial charge >= 0.3 is 0 Å². The average molecular weight is 448 g/mol. The fraction of sp³-hybridized carbons (Fsp3) is 0.167. The summed E-state index contributed by atoms with van der Waals surface area (Å²) in [5.74, 6) is -2.23. The molecule has 2 radical (unpaired) electrons. The van der Waals surface area contributed by atoms with Crippen LogP contribution in [0.2, 0.25) is 0 Å². The highest BCUT2D eigenvalue weighted by molar-refractivity contribution is 9.10. The molecule has 0 aliphatic heterocycles. The second-order valence-corrected chi connectivity index (χ2v) is 6.89. The van der Waals surface area contributed by atoms with E-state index in [1.807, 2.05) is 0 Å². The number of aromatic nitrogens is 3. The number of ether oxygens (including phenoxy) is 1. The summed E-state index contributed by atoms with van der Waals surface area (Å²) >= 11 is 3.26. The molecule has 0 spiro atoms. The monoisotopic (exact) mass is 447 g/mol. The first-order chi connectivity index (χ1) is 13.1. The Morgan fingerprint density at radius 2 is 1.89 bits per heavy atom. The lowest BCUT2D eigenvalue weighted by molar-refractivity contribution is -0.0737. The van der Waals surface area contributed by atoms with E-state index in [9.17, 15) is 18.7 Å². The first kappa shape index (κ1) is 20.2. The highest BCUT2D eigenvalue weighted by Gasteiger charge is 2.30. The van der Waals surface area contributed by atoms with Crippen LogP contribution < -0.4 is 10.3 Å². The summed E-state index contributed by atoms with van der Waals surface area (Å²) in [6.07, 6.45) is 2.30. The van der Waals surface area contributed by atoms with Crippen molar-refractivity contribution < 1.29 is 18.6 Å². The minimum atomic E-state index is -2.71. The molecule has 10 heteroatoms. The molecule has 0 amide bonds. The number of aliphatic hydroxyl groups is 1. The van der Waals surface area contributed by atoms with Crippen molar-refractivity contribution in [2.45, 2.75) is 19.5 Å². The largest absolute Gasteiger partial charge is 0.466 e. The van der Waals surface area contributed by atoms with Crippen LogP contribution in [0.15, 0.2) is 46.1 Å². The predicted octanol–water partition coefficient (Wildman–Crippen LogP) is 2.64. The molecular formula is C18H13BBrF2N3O3. The van der Waals surface area contributed by atoms with Gasteiger partial charge in [-0.15, -0.1) is 0 Å². The van der Waals surface area contributed by atoms with Crippen molar-refractivity contribution >= 4 is 23.8 Å². The topological polar surface area (TPSA) is 77.2 Å². The van der Waals surface area contributed by atoms with Crippen LogP contribution in [-0.4, -0.2) is 27.5 Å². The van der Waals surface area contributed by atoms with Crippen molar-refractivity contribution in [1.82, 2.24) is 14.5 Å². The fourth-order valence-corrected chi connectivity index (χ4v) is 2.99. The predicted molar refractivity (Wildman–Crippen MR) is 101 cm³/mol. The fourth-order valence-electron chi connectivity index (χ4n) is 2.68. The summed E-state index contributed by atoms with van der Waals surface area (Å²) < 4.78 is 34.0. The summed E-state index contributed by atoms with van der Waals surface area (Å²) in [6, 6.07) is 4.71. The normalized spacial score (nSPS) is 13.2. The van der Waals surface area contributed by atoms with Crippen LogP contribution in [0.1, 0.15) is 17.0 Å². The van der Waals surface area contributed by atoms with Crippen molar-refractivity contribution in [2.24, 2.45) is 0 Å². The molecular weight excluding hydrogens is 435 g/mol. The van der Waals surface area contributed by atoms with Crippen molar-refractivity contribution in [3.63, 3.8) is 0 Å². The molecule has 0 aliphatic carbocycles. The van der Waals surface area contributed by atoms with E-state index in [1.165, 1.54) is 10.6 Å². The molecule has 0 saturated heterocycles. The maximum atomic E-state index is 13.9. The highest BCUT2D eigenvalue weighted by Crippen LogP contribution is 2.25. The first-order valence-corrected chi connectivity index (χ1v) is 8.76. The molecule has 1 unspecified atom stereocenters. The lowest BCUT2D eigenvalue weighted by Gasteiger charge is -2.26. The maximum Gasteiger partial charge on any atom is 0.259 e. The minimum Gasteiger partial charge on any atom is -0.466 e. The summed E-state index contributed by atoms with van der Waals surface area (Å²) in [5, 5.41) is 10.3. The Bertz CT molecular complexity index is 1120. The van der Waals surface area contributed by atoms with Gasteiger partial charge in [-0.05, 0) is 41.4 Å². The highest BCUT2D eigenvalue weighted by atomic mass is 79.9. The molecule has 3 rings (SSSR count). The Morgan fingerprint density at radius 1 is 1.18 bits per heavy atom. The van der Waals surface area contributed by atoms with Gasteiger partial charge in [0.25, 0.3) is 5.56 Å². The standard InChI is InChI=1S/C18H13BBrF2N3O3/c1-9-7-23-15(20)6-14(9)25-10(2)3-12(5-16(25)26)28-18(19,27)17-13(22)4-11(21)8-24-17/h3-8,27H,1-2H3. The third-order valence-corrected chi connectivity index (χ3v) is 4.33. The second kappa shape index (κ2) is 7.44. The van der Waals surface area contributed by atoms with E-state index >= 15 is 0 Å². The first-order valence-electron chi connectivity index (χ1n) is 7.96. The molecule has 0 aliphatic rings. The van der Waals surface area contributed by atoms with E-state index in [1.54, 1.807) is 26.1 Å². The van der Waals surface area contributed by atoms with Gasteiger partial charge < -0.3 is 9.84 Å². The Kier molecular flexibility index (Phi) is 5.36. The summed E-state index contributed by atoms with van der Waals surface area (Å²) in [7, 11) is 5.60. The van der Waals surface area contributed by atoms with Crippen molar-refractivity contribution in [3.8, 4) is 11.4 Å². The number of hydrogen-bond donors (Lipinski definition) is 1. The lowest BCUT2D eigenvalue weighted by atomic mass is 9.90. The molecule has 1 atom stereocenters. The number of nitrogens with zero attached hydrogens (tertiary/aromatic N) is 3. The van der Waals surface area contributed by atoms with E-state index in [2.05, 4.69) is 25.9 Å². The van der Waals surface area contributed by atoms with Crippen LogP contribution in [0.5, 0.6) is 5.75 Å². The lowest BCUT2D eigenvalue weighted by Crippen LogP contribution is -2.36. The van der Waals surface area contributed by atoms with Crippen molar-refractivity contribution in [3.05, 3.63) is 80.2 Å². The molecule has 3 heterocycles. The molecule has 142 valence electrons. The summed E-state index contributed by atoms with van der Waals surface area (Å²) in [5.41, 5.74) is -2.07. The van der Waals surface area contributed by atoms with E-state index in [0.717, 1.165) is 11.6 Å². The third-order valence-electron chi connectivity index (χ3n) is 3.89. The van der Waals surface area contributed by atoms with Gasteiger partial charge in [-0.25, -0.2) is 18.7 Å². The van der Waals surface area contributed by atoms with Gasteiger partial charge in [-0.2, -0.15) is 0 Å². The van der Waals surface area contributed by atoms with E-state index in [-0.39, 0.29) is 5.75 Å². The average Bonchev–Trinajstić information content (AvgIpc) is 2.56. The molecule has 0 aromatic carbocycles. The molecule has 0 fully saturated rings. The maximum absolute atomic E-state index is 13.9. The second-order valence-electron chi connectivity index (χ2n) is 6.08.